The van der Waals surface area contributed by atoms with Crippen molar-refractivity contribution in [2.45, 2.75) is 32.1 Å². The predicted molar refractivity (Wildman–Crippen MR) is 101 cm³/mol. The molecule has 0 bridgehead atoms. The van der Waals surface area contributed by atoms with E-state index in [9.17, 15) is 18.4 Å². The van der Waals surface area contributed by atoms with Crippen LogP contribution in [0.3, 0.4) is 0 Å². The molecule has 28 heavy (non-hydrogen) atoms. The first-order valence-corrected chi connectivity index (χ1v) is 9.54. The van der Waals surface area contributed by atoms with Gasteiger partial charge in [-0.3, -0.25) is 0 Å². The summed E-state index contributed by atoms with van der Waals surface area (Å²) >= 11 is 0. The van der Waals surface area contributed by atoms with E-state index in [-0.39, 0.29) is 31.4 Å². The minimum absolute atomic E-state index is 0.0448. The topological polar surface area (TPSA) is 73.9 Å². The molecule has 0 aliphatic carbocycles. The smallest absolute Gasteiger partial charge is 0.321 e. The van der Waals surface area contributed by atoms with Gasteiger partial charge < -0.3 is 25.2 Å². The molecular weight excluding hydrogens is 370 g/mol. The minimum atomic E-state index is -2.69. The van der Waals surface area contributed by atoms with E-state index in [2.05, 4.69) is 10.6 Å². The maximum atomic E-state index is 13.5. The molecule has 2 saturated heterocycles. The fourth-order valence-electron chi connectivity index (χ4n) is 3.33. The summed E-state index contributed by atoms with van der Waals surface area (Å²) in [5.41, 5.74) is 1.43. The van der Waals surface area contributed by atoms with Crippen LogP contribution in [-0.2, 0) is 0 Å². The summed E-state index contributed by atoms with van der Waals surface area (Å²) in [6, 6.07) is 4.83. The number of rotatable bonds is 5. The molecule has 0 aromatic heterocycles. The van der Waals surface area contributed by atoms with Gasteiger partial charge in [0.1, 0.15) is 12.4 Å². The van der Waals surface area contributed by atoms with Gasteiger partial charge >= 0.3 is 12.1 Å². The van der Waals surface area contributed by atoms with Crippen molar-refractivity contribution in [2.24, 2.45) is 0 Å². The number of likely N-dealkylation sites (tertiary alicyclic amines) is 1. The van der Waals surface area contributed by atoms with E-state index in [0.29, 0.717) is 50.6 Å². The Morgan fingerprint density at radius 2 is 2.11 bits per heavy atom. The van der Waals surface area contributed by atoms with Gasteiger partial charge in [0.25, 0.3) is 0 Å². The first-order chi connectivity index (χ1) is 13.3. The second-order valence-electron chi connectivity index (χ2n) is 7.17. The zero-order chi connectivity index (χ0) is 20.1. The lowest BCUT2D eigenvalue weighted by Crippen LogP contribution is -2.36. The normalized spacial score (nSPS) is 19.2. The largest absolute Gasteiger partial charge is 0.492 e. The third kappa shape index (κ3) is 5.24. The molecule has 9 heteroatoms. The van der Waals surface area contributed by atoms with E-state index in [0.717, 1.165) is 5.56 Å². The van der Waals surface area contributed by atoms with Gasteiger partial charge in [-0.1, -0.05) is 0 Å². The van der Waals surface area contributed by atoms with Gasteiger partial charge in [0.2, 0.25) is 5.92 Å². The molecule has 0 unspecified atom stereocenters. The van der Waals surface area contributed by atoms with Crippen molar-refractivity contribution in [3.63, 3.8) is 0 Å². The first kappa shape index (κ1) is 20.2. The Balaban J connectivity index is 1.50. The number of nitrogens with one attached hydrogen (secondary N) is 2. The molecule has 2 N–H and O–H groups in total. The van der Waals surface area contributed by atoms with Gasteiger partial charge in [0.15, 0.2) is 0 Å². The molecular formula is C19H26F2N4O3. The number of urea groups is 2. The van der Waals surface area contributed by atoms with Crippen LogP contribution in [0.5, 0.6) is 5.75 Å². The highest BCUT2D eigenvalue weighted by Gasteiger charge is 2.33. The summed E-state index contributed by atoms with van der Waals surface area (Å²) < 4.78 is 32.6. The summed E-state index contributed by atoms with van der Waals surface area (Å²) in [6.07, 6.45) is -0.191. The van der Waals surface area contributed by atoms with Crippen LogP contribution in [-0.4, -0.2) is 67.1 Å². The van der Waals surface area contributed by atoms with Crippen LogP contribution in [0.1, 0.15) is 24.8 Å². The van der Waals surface area contributed by atoms with Crippen molar-refractivity contribution >= 4 is 17.7 Å². The van der Waals surface area contributed by atoms with Crippen LogP contribution in [0.25, 0.3) is 0 Å². The zero-order valence-electron chi connectivity index (χ0n) is 16.0. The third-order valence-corrected chi connectivity index (χ3v) is 5.02. The molecule has 2 fully saturated rings. The fraction of sp³-hybridized carbons (Fsp3) is 0.579. The summed E-state index contributed by atoms with van der Waals surface area (Å²) in [5.74, 6) is -2.05. The average molecular weight is 396 g/mol. The second kappa shape index (κ2) is 8.62. The number of anilines is 1. The van der Waals surface area contributed by atoms with E-state index < -0.39 is 5.92 Å². The molecule has 154 valence electrons. The molecule has 0 saturated carbocycles. The Hall–Kier alpha value is -2.58. The van der Waals surface area contributed by atoms with E-state index >= 15 is 0 Å². The van der Waals surface area contributed by atoms with Crippen molar-refractivity contribution in [2.75, 3.05) is 44.6 Å². The van der Waals surface area contributed by atoms with Crippen molar-refractivity contribution in [3.8, 4) is 5.75 Å². The van der Waals surface area contributed by atoms with Crippen molar-refractivity contribution in [1.82, 2.24) is 15.1 Å². The lowest BCUT2D eigenvalue weighted by atomic mass is 10.1. The van der Waals surface area contributed by atoms with E-state index in [1.54, 1.807) is 23.1 Å². The molecule has 0 spiro atoms. The van der Waals surface area contributed by atoms with Crippen molar-refractivity contribution < 1.29 is 23.1 Å². The van der Waals surface area contributed by atoms with Crippen molar-refractivity contribution in [3.05, 3.63) is 23.8 Å². The third-order valence-electron chi connectivity index (χ3n) is 5.02. The van der Waals surface area contributed by atoms with Gasteiger partial charge in [-0.2, -0.15) is 0 Å². The van der Waals surface area contributed by atoms with Crippen LogP contribution in [0.2, 0.25) is 0 Å². The molecule has 1 aromatic carbocycles. The summed E-state index contributed by atoms with van der Waals surface area (Å²) in [4.78, 5) is 27.0. The quantitative estimate of drug-likeness (QED) is 0.803. The number of carbonyl (C=O) groups is 2. The number of halogens is 2. The number of hydrogen-bond donors (Lipinski definition) is 2. The molecule has 4 amide bonds. The number of alkyl halides is 2. The van der Waals surface area contributed by atoms with Crippen LogP contribution >= 0.6 is 0 Å². The SMILES string of the molecule is Cc1cc(OCCN2CCNC2=O)ccc1NC(=O)N1CCCC(F)(F)CC1. The minimum Gasteiger partial charge on any atom is -0.492 e. The number of benzene rings is 1. The standard InChI is InChI=1S/C19H26F2N4O3/c1-14-13-15(28-12-11-25-10-7-22-17(25)26)3-4-16(14)23-18(27)24-8-2-5-19(20,21)6-9-24/h3-4,13H,2,5-12H2,1H3,(H,22,26)(H,23,27). The van der Waals surface area contributed by atoms with E-state index in [1.165, 1.54) is 4.90 Å². The number of aryl methyl sites for hydroxylation is 1. The maximum Gasteiger partial charge on any atom is 0.321 e. The number of ether oxygens (including phenoxy) is 1. The lowest BCUT2D eigenvalue weighted by Gasteiger charge is -2.22. The molecule has 7 nitrogen and oxygen atoms in total. The van der Waals surface area contributed by atoms with E-state index in [1.807, 2.05) is 6.92 Å². The van der Waals surface area contributed by atoms with Gasteiger partial charge in [-0.15, -0.1) is 0 Å². The van der Waals surface area contributed by atoms with E-state index in [4.69, 9.17) is 4.74 Å². The average Bonchev–Trinajstić information content (AvgIpc) is 2.95. The van der Waals surface area contributed by atoms with Gasteiger partial charge in [-0.25, -0.2) is 18.4 Å². The second-order valence-corrected chi connectivity index (χ2v) is 7.17. The summed E-state index contributed by atoms with van der Waals surface area (Å²) in [5, 5.41) is 5.53. The Morgan fingerprint density at radius 3 is 2.82 bits per heavy atom. The molecule has 1 aromatic rings. The van der Waals surface area contributed by atoms with Crippen LogP contribution in [0.4, 0.5) is 24.1 Å². The Labute approximate surface area is 163 Å². The fourth-order valence-corrected chi connectivity index (χ4v) is 3.33. The Bertz CT molecular complexity index is 729. The monoisotopic (exact) mass is 396 g/mol. The molecule has 2 aliphatic rings. The molecule has 2 aliphatic heterocycles. The first-order valence-electron chi connectivity index (χ1n) is 9.54. The van der Waals surface area contributed by atoms with Crippen LogP contribution < -0.4 is 15.4 Å². The highest BCUT2D eigenvalue weighted by Crippen LogP contribution is 2.28. The lowest BCUT2D eigenvalue weighted by molar-refractivity contribution is -0.0121. The van der Waals surface area contributed by atoms with Gasteiger partial charge in [0.05, 0.1) is 6.54 Å². The zero-order valence-corrected chi connectivity index (χ0v) is 16.0. The predicted octanol–water partition coefficient (Wildman–Crippen LogP) is 3.05. The van der Waals surface area contributed by atoms with Crippen molar-refractivity contribution in [1.29, 1.82) is 0 Å². The molecule has 2 heterocycles. The summed E-state index contributed by atoms with van der Waals surface area (Å²) in [6.45, 7) is 4.42. The van der Waals surface area contributed by atoms with Gasteiger partial charge in [-0.05, 0) is 37.1 Å². The number of nitrogens with zero attached hydrogens (tertiary/aromatic N) is 2. The molecule has 0 atom stereocenters. The maximum absolute atomic E-state index is 13.5. The van der Waals surface area contributed by atoms with Gasteiger partial charge in [0, 0.05) is 44.7 Å². The molecule has 3 rings (SSSR count). The highest BCUT2D eigenvalue weighted by molar-refractivity contribution is 5.90. The van der Waals surface area contributed by atoms with Crippen LogP contribution in [0, 0.1) is 6.92 Å². The molecule has 0 radical (unpaired) electrons. The number of amides is 4. The highest BCUT2D eigenvalue weighted by atomic mass is 19.3. The number of hydrogen-bond acceptors (Lipinski definition) is 3. The summed E-state index contributed by atoms with van der Waals surface area (Å²) in [7, 11) is 0. The Kier molecular flexibility index (Phi) is 6.21. The van der Waals surface area contributed by atoms with Crippen LogP contribution in [0.15, 0.2) is 18.2 Å². The number of carbonyl (C=O) groups excluding carboxylic acids is 2. The Morgan fingerprint density at radius 1 is 1.29 bits per heavy atom.